The van der Waals surface area contributed by atoms with Crippen LogP contribution in [0, 0.1) is 0 Å². The van der Waals surface area contributed by atoms with Crippen LogP contribution in [0.5, 0.6) is 0 Å². The van der Waals surface area contributed by atoms with Crippen molar-refractivity contribution in [2.24, 2.45) is 5.73 Å². The van der Waals surface area contributed by atoms with E-state index in [9.17, 15) is 4.79 Å². The second-order valence-corrected chi connectivity index (χ2v) is 4.54. The summed E-state index contributed by atoms with van der Waals surface area (Å²) in [6.07, 6.45) is 2.38. The second kappa shape index (κ2) is 6.54. The largest absolute Gasteiger partial charge is 0.376 e. The Morgan fingerprint density at radius 1 is 1.41 bits per heavy atom. The number of amides is 1. The first-order chi connectivity index (χ1) is 7.70. The highest BCUT2D eigenvalue weighted by Crippen LogP contribution is 2.20. The van der Waals surface area contributed by atoms with Gasteiger partial charge in [-0.2, -0.15) is 0 Å². The molecule has 0 aromatic heterocycles. The van der Waals surface area contributed by atoms with Crippen LogP contribution in [0.4, 0.5) is 0 Å². The molecule has 2 aliphatic rings. The summed E-state index contributed by atoms with van der Waals surface area (Å²) in [4.78, 5) is 11.9. The van der Waals surface area contributed by atoms with Crippen molar-refractivity contribution < 1.29 is 14.3 Å². The first-order valence-electron chi connectivity index (χ1n) is 5.98. The highest BCUT2D eigenvalue weighted by molar-refractivity contribution is 5.85. The smallest absolute Gasteiger partial charge is 0.249 e. The fourth-order valence-corrected chi connectivity index (χ4v) is 2.27. The van der Waals surface area contributed by atoms with Crippen molar-refractivity contribution in [1.29, 1.82) is 0 Å². The Bertz CT molecular complexity index is 265. The van der Waals surface area contributed by atoms with Crippen LogP contribution in [-0.2, 0) is 14.3 Å². The van der Waals surface area contributed by atoms with E-state index in [1.165, 1.54) is 0 Å². The van der Waals surface area contributed by atoms with Crippen molar-refractivity contribution >= 4 is 18.3 Å². The quantitative estimate of drug-likeness (QED) is 0.764. The molecule has 0 aromatic rings. The molecule has 2 heterocycles. The summed E-state index contributed by atoms with van der Waals surface area (Å²) in [5.41, 5.74) is 5.51. The van der Waals surface area contributed by atoms with E-state index in [2.05, 4.69) is 5.32 Å². The van der Waals surface area contributed by atoms with E-state index in [1.807, 2.05) is 6.92 Å². The average Bonchev–Trinajstić information content (AvgIpc) is 2.88. The van der Waals surface area contributed by atoms with Gasteiger partial charge in [0.2, 0.25) is 5.91 Å². The molecule has 0 aliphatic carbocycles. The number of carbonyl (C=O) groups excluding carboxylic acids is 1. The van der Waals surface area contributed by atoms with E-state index in [1.54, 1.807) is 0 Å². The maximum absolute atomic E-state index is 11.9. The lowest BCUT2D eigenvalue weighted by Crippen LogP contribution is -2.44. The zero-order valence-corrected chi connectivity index (χ0v) is 10.9. The predicted molar refractivity (Wildman–Crippen MR) is 66.2 cm³/mol. The Morgan fingerprint density at radius 3 is 2.71 bits per heavy atom. The lowest BCUT2D eigenvalue weighted by atomic mass is 10.1. The minimum atomic E-state index is -0.318. The second-order valence-electron chi connectivity index (χ2n) is 4.54. The molecule has 0 saturated carbocycles. The van der Waals surface area contributed by atoms with Gasteiger partial charge in [-0.05, 0) is 26.2 Å². The van der Waals surface area contributed by atoms with Gasteiger partial charge in [0.15, 0.2) is 0 Å². The SMILES string of the molecule is CC1OCCC1NC(=O)[C@@H]1CC[C@H](CN)O1.Cl. The van der Waals surface area contributed by atoms with Gasteiger partial charge in [0.25, 0.3) is 0 Å². The molecule has 2 unspecified atom stereocenters. The van der Waals surface area contributed by atoms with Crippen molar-refractivity contribution in [3.05, 3.63) is 0 Å². The molecule has 0 bridgehead atoms. The first kappa shape index (κ1) is 14.7. The van der Waals surface area contributed by atoms with Gasteiger partial charge < -0.3 is 20.5 Å². The summed E-state index contributed by atoms with van der Waals surface area (Å²) in [6.45, 7) is 3.20. The van der Waals surface area contributed by atoms with Crippen molar-refractivity contribution in [2.45, 2.75) is 50.5 Å². The van der Waals surface area contributed by atoms with Crippen molar-refractivity contribution in [1.82, 2.24) is 5.32 Å². The number of hydrogen-bond donors (Lipinski definition) is 2. The van der Waals surface area contributed by atoms with Gasteiger partial charge in [-0.3, -0.25) is 4.79 Å². The van der Waals surface area contributed by atoms with Crippen LogP contribution in [0.1, 0.15) is 26.2 Å². The van der Waals surface area contributed by atoms with Gasteiger partial charge in [-0.1, -0.05) is 0 Å². The normalized spacial score (nSPS) is 36.6. The highest BCUT2D eigenvalue weighted by Gasteiger charge is 2.33. The van der Waals surface area contributed by atoms with E-state index >= 15 is 0 Å². The van der Waals surface area contributed by atoms with E-state index in [4.69, 9.17) is 15.2 Å². The molecule has 5 nitrogen and oxygen atoms in total. The Kier molecular flexibility index (Phi) is 5.66. The van der Waals surface area contributed by atoms with Crippen LogP contribution >= 0.6 is 12.4 Å². The van der Waals surface area contributed by atoms with Crippen molar-refractivity contribution in [3.63, 3.8) is 0 Å². The van der Waals surface area contributed by atoms with Crippen molar-refractivity contribution in [2.75, 3.05) is 13.2 Å². The van der Waals surface area contributed by atoms with E-state index in [0.29, 0.717) is 6.54 Å². The topological polar surface area (TPSA) is 73.6 Å². The van der Waals surface area contributed by atoms with Crippen LogP contribution in [0.2, 0.25) is 0 Å². The molecule has 2 aliphatic heterocycles. The number of halogens is 1. The number of ether oxygens (including phenoxy) is 2. The standard InChI is InChI=1S/C11H20N2O3.ClH/c1-7-9(4-5-15-7)13-11(14)10-3-2-8(6-12)16-10;/h7-10H,2-6,12H2,1H3,(H,13,14);1H/t7?,8-,9?,10+;/m1./s1. The van der Waals surface area contributed by atoms with Gasteiger partial charge in [0, 0.05) is 13.2 Å². The molecular weight excluding hydrogens is 244 g/mol. The fourth-order valence-electron chi connectivity index (χ4n) is 2.27. The third-order valence-electron chi connectivity index (χ3n) is 3.37. The molecule has 2 saturated heterocycles. The third kappa shape index (κ3) is 3.55. The van der Waals surface area contributed by atoms with Gasteiger partial charge in [0.1, 0.15) is 6.10 Å². The van der Waals surface area contributed by atoms with Gasteiger partial charge in [-0.15, -0.1) is 12.4 Å². The number of rotatable bonds is 3. The Balaban J connectivity index is 0.00000144. The first-order valence-corrected chi connectivity index (χ1v) is 5.98. The summed E-state index contributed by atoms with van der Waals surface area (Å²) in [7, 11) is 0. The fraction of sp³-hybridized carbons (Fsp3) is 0.909. The van der Waals surface area contributed by atoms with Crippen LogP contribution in [0.3, 0.4) is 0 Å². The third-order valence-corrected chi connectivity index (χ3v) is 3.37. The van der Waals surface area contributed by atoms with E-state index in [0.717, 1.165) is 25.9 Å². The summed E-state index contributed by atoms with van der Waals surface area (Å²) in [6, 6.07) is 0.132. The molecule has 0 radical (unpaired) electrons. The molecule has 0 aromatic carbocycles. The van der Waals surface area contributed by atoms with Crippen LogP contribution in [0.25, 0.3) is 0 Å². The lowest BCUT2D eigenvalue weighted by Gasteiger charge is -2.19. The van der Waals surface area contributed by atoms with E-state index < -0.39 is 0 Å². The summed E-state index contributed by atoms with van der Waals surface area (Å²) < 4.78 is 10.9. The minimum Gasteiger partial charge on any atom is -0.376 e. The molecule has 4 atom stereocenters. The maximum Gasteiger partial charge on any atom is 0.249 e. The molecule has 6 heteroatoms. The molecule has 17 heavy (non-hydrogen) atoms. The molecule has 0 spiro atoms. The summed E-state index contributed by atoms with van der Waals surface area (Å²) >= 11 is 0. The summed E-state index contributed by atoms with van der Waals surface area (Å²) in [5, 5.41) is 2.99. The number of carbonyl (C=O) groups is 1. The van der Waals surface area contributed by atoms with Crippen molar-refractivity contribution in [3.8, 4) is 0 Å². The van der Waals surface area contributed by atoms with Gasteiger partial charge in [0.05, 0.1) is 18.2 Å². The zero-order chi connectivity index (χ0) is 11.5. The van der Waals surface area contributed by atoms with E-state index in [-0.39, 0.29) is 42.7 Å². The van der Waals surface area contributed by atoms with Gasteiger partial charge >= 0.3 is 0 Å². The highest BCUT2D eigenvalue weighted by atomic mass is 35.5. The molecule has 2 fully saturated rings. The monoisotopic (exact) mass is 264 g/mol. The van der Waals surface area contributed by atoms with Crippen LogP contribution in [-0.4, -0.2) is 43.4 Å². The average molecular weight is 265 g/mol. The van der Waals surface area contributed by atoms with Crippen LogP contribution < -0.4 is 11.1 Å². The molecule has 2 rings (SSSR count). The Labute approximate surface area is 108 Å². The van der Waals surface area contributed by atoms with Crippen LogP contribution in [0.15, 0.2) is 0 Å². The Morgan fingerprint density at radius 2 is 2.18 bits per heavy atom. The molecule has 1 amide bonds. The summed E-state index contributed by atoms with van der Waals surface area (Å²) in [5.74, 6) is -0.0155. The number of nitrogens with one attached hydrogen (secondary N) is 1. The Hall–Kier alpha value is -0.360. The van der Waals surface area contributed by atoms with Gasteiger partial charge in [-0.25, -0.2) is 0 Å². The molecule has 3 N–H and O–H groups in total. The predicted octanol–water partition coefficient (Wildman–Crippen LogP) is 0.208. The number of nitrogens with two attached hydrogens (primary N) is 1. The molecule has 100 valence electrons. The molecular formula is C11H21ClN2O3. The number of hydrogen-bond acceptors (Lipinski definition) is 4. The zero-order valence-electron chi connectivity index (χ0n) is 10.1. The minimum absolute atomic E-state index is 0. The maximum atomic E-state index is 11.9. The lowest BCUT2D eigenvalue weighted by molar-refractivity contribution is -0.132.